The summed E-state index contributed by atoms with van der Waals surface area (Å²) in [4.78, 5) is 19.5. The monoisotopic (exact) mass is 195 g/mol. The number of carbonyl (C=O) groups excluding carboxylic acids is 1. The maximum Gasteiger partial charge on any atom is 0.317 e. The quantitative estimate of drug-likeness (QED) is 0.621. The van der Waals surface area contributed by atoms with Crippen LogP contribution in [0.3, 0.4) is 0 Å². The molecule has 1 unspecified atom stereocenters. The summed E-state index contributed by atoms with van der Waals surface area (Å²) in [5.41, 5.74) is 0. The zero-order chi connectivity index (χ0) is 9.98. The number of hydrogen-bond acceptors (Lipinski definition) is 4. The predicted molar refractivity (Wildman–Crippen MR) is 47.7 cm³/mol. The molecule has 0 saturated heterocycles. The van der Waals surface area contributed by atoms with Gasteiger partial charge < -0.3 is 14.9 Å². The van der Waals surface area contributed by atoms with E-state index in [1.165, 1.54) is 0 Å². The normalized spacial score (nSPS) is 7.92. The average Bonchev–Trinajstić information content (AvgIpc) is 2.04. The first kappa shape index (κ1) is 13.9. The summed E-state index contributed by atoms with van der Waals surface area (Å²) in [5, 5.41) is 10.3. The van der Waals surface area contributed by atoms with Gasteiger partial charge in [0.05, 0.1) is 16.0 Å². The van der Waals surface area contributed by atoms with Crippen molar-refractivity contribution in [2.75, 3.05) is 13.6 Å². The van der Waals surface area contributed by atoms with Gasteiger partial charge in [0, 0.05) is 6.42 Å². The first-order chi connectivity index (χ1) is 5.58. The molecular weight excluding hydrogens is 181 g/mol. The number of carboxylic acid groups (broad SMARTS) is 1. The van der Waals surface area contributed by atoms with Gasteiger partial charge in [-0.3, -0.25) is 9.59 Å². The van der Waals surface area contributed by atoms with Crippen molar-refractivity contribution >= 4 is 21.4 Å². The molecular formula is C6H14NO4P. The van der Waals surface area contributed by atoms with E-state index >= 15 is 0 Å². The van der Waals surface area contributed by atoms with Crippen LogP contribution in [0.25, 0.3) is 0 Å². The molecule has 0 radical (unpaired) electrons. The van der Waals surface area contributed by atoms with Gasteiger partial charge in [0.1, 0.15) is 0 Å². The van der Waals surface area contributed by atoms with Crippen LogP contribution in [-0.2, 0) is 14.1 Å². The summed E-state index contributed by atoms with van der Waals surface area (Å²) in [6.45, 7) is 1.78. The molecule has 0 spiro atoms. The lowest BCUT2D eigenvalue weighted by atomic mass is 10.5. The van der Waals surface area contributed by atoms with E-state index in [1.807, 2.05) is 9.47 Å². The van der Waals surface area contributed by atoms with Crippen LogP contribution in [0.5, 0.6) is 0 Å². The molecule has 12 heavy (non-hydrogen) atoms. The van der Waals surface area contributed by atoms with Gasteiger partial charge >= 0.3 is 11.9 Å². The van der Waals surface area contributed by atoms with E-state index in [4.69, 9.17) is 5.11 Å². The lowest BCUT2D eigenvalue weighted by molar-refractivity contribution is -0.136. The molecule has 0 saturated carbocycles. The van der Waals surface area contributed by atoms with E-state index in [0.29, 0.717) is 6.42 Å². The molecule has 72 valence electrons. The number of carbonyl (C=O) groups is 2. The number of rotatable bonds is 3. The minimum absolute atomic E-state index is 0.0417. The predicted octanol–water partition coefficient (Wildman–Crippen LogP) is 0.0201. The third-order valence-electron chi connectivity index (χ3n) is 0.748. The van der Waals surface area contributed by atoms with Crippen LogP contribution in [0.15, 0.2) is 0 Å². The molecule has 0 aromatic carbocycles. The van der Waals surface area contributed by atoms with Gasteiger partial charge in [-0.1, -0.05) is 6.92 Å². The average molecular weight is 195 g/mol. The smallest absolute Gasteiger partial charge is 0.317 e. The van der Waals surface area contributed by atoms with E-state index < -0.39 is 5.97 Å². The Morgan fingerprint density at radius 2 is 2.08 bits per heavy atom. The van der Waals surface area contributed by atoms with Crippen LogP contribution in [0.4, 0.5) is 0 Å². The Morgan fingerprint density at radius 1 is 1.58 bits per heavy atom. The summed E-state index contributed by atoms with van der Waals surface area (Å²) in [7, 11) is 3.48. The fourth-order valence-corrected chi connectivity index (χ4v) is 0.401. The molecule has 0 aromatic heterocycles. The van der Waals surface area contributed by atoms with Gasteiger partial charge in [-0.2, -0.15) is 0 Å². The van der Waals surface area contributed by atoms with Crippen LogP contribution < -0.4 is 5.32 Å². The van der Waals surface area contributed by atoms with E-state index in [2.05, 4.69) is 9.84 Å². The number of carboxylic acids is 1. The molecule has 0 aliphatic rings. The minimum Gasteiger partial charge on any atom is -0.480 e. The summed E-state index contributed by atoms with van der Waals surface area (Å²) in [5.74, 6) is -1.02. The number of likely N-dealkylation sites (N-methyl/N-ethyl adjacent to an activating group) is 1. The van der Waals surface area contributed by atoms with Crippen molar-refractivity contribution < 1.29 is 19.2 Å². The minimum atomic E-state index is -0.822. The van der Waals surface area contributed by atoms with Gasteiger partial charge in [0.15, 0.2) is 0 Å². The van der Waals surface area contributed by atoms with Crippen molar-refractivity contribution in [3.05, 3.63) is 0 Å². The Labute approximate surface area is 73.8 Å². The SMILES string of the molecule is CCC(=O)OP.CNCC(=O)O. The lowest BCUT2D eigenvalue weighted by Crippen LogP contribution is -2.16. The highest BCUT2D eigenvalue weighted by Gasteiger charge is 1.87. The van der Waals surface area contributed by atoms with Gasteiger partial charge in [0.2, 0.25) is 0 Å². The molecule has 0 aliphatic carbocycles. The van der Waals surface area contributed by atoms with Crippen LogP contribution in [0.2, 0.25) is 0 Å². The lowest BCUT2D eigenvalue weighted by Gasteiger charge is -1.86. The zero-order valence-electron chi connectivity index (χ0n) is 7.16. The highest BCUT2D eigenvalue weighted by Crippen LogP contribution is 1.88. The molecule has 5 nitrogen and oxygen atoms in total. The largest absolute Gasteiger partial charge is 0.480 e. The molecule has 0 aromatic rings. The fraction of sp³-hybridized carbons (Fsp3) is 0.667. The maximum absolute atomic E-state index is 9.94. The molecule has 0 fully saturated rings. The molecule has 2 N–H and O–H groups in total. The number of aliphatic carboxylic acids is 1. The van der Waals surface area contributed by atoms with Crippen molar-refractivity contribution in [3.63, 3.8) is 0 Å². The van der Waals surface area contributed by atoms with Crippen LogP contribution in [-0.4, -0.2) is 30.6 Å². The first-order valence-corrected chi connectivity index (χ1v) is 3.81. The van der Waals surface area contributed by atoms with Gasteiger partial charge in [0.25, 0.3) is 0 Å². The number of hydrogen-bond donors (Lipinski definition) is 2. The standard InChI is InChI=1S/C3H7NO2.C3H7O2P/c1-4-2-3(5)6;1-2-3(4)5-6/h4H,2H2,1H3,(H,5,6);2,6H2,1H3. The molecule has 0 rings (SSSR count). The van der Waals surface area contributed by atoms with Gasteiger partial charge in [-0.05, 0) is 7.05 Å². The Balaban J connectivity index is 0. The van der Waals surface area contributed by atoms with Crippen LogP contribution >= 0.6 is 9.47 Å². The molecule has 0 bridgehead atoms. The topological polar surface area (TPSA) is 75.6 Å². The van der Waals surface area contributed by atoms with E-state index in [-0.39, 0.29) is 12.5 Å². The second-order valence-corrected chi connectivity index (χ2v) is 2.00. The van der Waals surface area contributed by atoms with Gasteiger partial charge in [-0.15, -0.1) is 0 Å². The fourth-order valence-electron chi connectivity index (χ4n) is 0.235. The van der Waals surface area contributed by atoms with E-state index in [0.717, 1.165) is 0 Å². The molecule has 0 amide bonds. The molecule has 6 heteroatoms. The molecule has 0 heterocycles. The second kappa shape index (κ2) is 10.3. The zero-order valence-corrected chi connectivity index (χ0v) is 8.32. The van der Waals surface area contributed by atoms with Crippen molar-refractivity contribution in [2.24, 2.45) is 0 Å². The Hall–Kier alpha value is -0.670. The van der Waals surface area contributed by atoms with Gasteiger partial charge in [-0.25, -0.2) is 0 Å². The second-order valence-electron chi connectivity index (χ2n) is 1.77. The molecule has 0 aliphatic heterocycles. The third kappa shape index (κ3) is 16.2. The maximum atomic E-state index is 9.94. The van der Waals surface area contributed by atoms with Crippen LogP contribution in [0.1, 0.15) is 13.3 Å². The third-order valence-corrected chi connectivity index (χ3v) is 1.01. The number of nitrogens with one attached hydrogen (secondary N) is 1. The van der Waals surface area contributed by atoms with Crippen molar-refractivity contribution in [2.45, 2.75) is 13.3 Å². The summed E-state index contributed by atoms with van der Waals surface area (Å²) in [6.07, 6.45) is 0.448. The summed E-state index contributed by atoms with van der Waals surface area (Å²) >= 11 is 0. The van der Waals surface area contributed by atoms with Crippen molar-refractivity contribution in [1.82, 2.24) is 5.32 Å². The van der Waals surface area contributed by atoms with Crippen molar-refractivity contribution in [1.29, 1.82) is 0 Å². The van der Waals surface area contributed by atoms with E-state index in [9.17, 15) is 9.59 Å². The Kier molecular flexibility index (Phi) is 12.0. The first-order valence-electron chi connectivity index (χ1n) is 3.34. The van der Waals surface area contributed by atoms with Crippen LogP contribution in [0, 0.1) is 0 Å². The highest BCUT2D eigenvalue weighted by molar-refractivity contribution is 7.10. The highest BCUT2D eigenvalue weighted by atomic mass is 31.0. The van der Waals surface area contributed by atoms with E-state index in [1.54, 1.807) is 14.0 Å². The van der Waals surface area contributed by atoms with Crippen molar-refractivity contribution in [3.8, 4) is 0 Å². The summed E-state index contributed by atoms with van der Waals surface area (Å²) < 4.78 is 4.18. The Bertz CT molecular complexity index is 134. The molecule has 1 atom stereocenters. The summed E-state index contributed by atoms with van der Waals surface area (Å²) in [6, 6.07) is 0. The Morgan fingerprint density at radius 3 is 2.08 bits per heavy atom.